The van der Waals surface area contributed by atoms with Gasteiger partial charge in [-0.25, -0.2) is 0 Å². The summed E-state index contributed by atoms with van der Waals surface area (Å²) in [5.74, 6) is 1.58. The molecule has 0 aliphatic heterocycles. The molecule has 1 heteroatoms. The molecule has 0 saturated heterocycles. The second-order valence-electron chi connectivity index (χ2n) is 5.10. The molecule has 0 aromatic carbocycles. The molecule has 0 fully saturated rings. The molecule has 0 aromatic rings. The molecule has 2 atom stereocenters. The molecule has 0 amide bonds. The van der Waals surface area contributed by atoms with Gasteiger partial charge in [0.25, 0.3) is 0 Å². The Bertz CT molecular complexity index is 186. The predicted octanol–water partition coefficient (Wildman–Crippen LogP) is 4.58. The smallest absolute Gasteiger partial charge is 0.0497 e. The summed E-state index contributed by atoms with van der Waals surface area (Å²) in [4.78, 5) is 0. The van der Waals surface area contributed by atoms with Crippen molar-refractivity contribution in [3.63, 3.8) is 0 Å². The summed E-state index contributed by atoms with van der Waals surface area (Å²) in [5, 5.41) is 0. The van der Waals surface area contributed by atoms with Crippen LogP contribution in [0.2, 0.25) is 0 Å². The van der Waals surface area contributed by atoms with Crippen molar-refractivity contribution in [2.75, 3.05) is 13.2 Å². The highest BCUT2D eigenvalue weighted by atomic mass is 16.5. The molecule has 1 aliphatic carbocycles. The van der Waals surface area contributed by atoms with E-state index >= 15 is 0 Å². The van der Waals surface area contributed by atoms with Crippen LogP contribution in [-0.4, -0.2) is 13.2 Å². The molecule has 16 heavy (non-hydrogen) atoms. The van der Waals surface area contributed by atoms with Gasteiger partial charge in [-0.2, -0.15) is 0 Å². The number of unbranched alkanes of at least 4 members (excludes halogenated alkanes) is 1. The average molecular weight is 224 g/mol. The first-order chi connectivity index (χ1) is 7.86. The minimum atomic E-state index is 0.786. The van der Waals surface area contributed by atoms with E-state index in [0.717, 1.165) is 25.0 Å². The molecule has 1 aliphatic rings. The van der Waals surface area contributed by atoms with Gasteiger partial charge in [-0.3, -0.25) is 0 Å². The van der Waals surface area contributed by atoms with E-state index in [-0.39, 0.29) is 0 Å². The SMILES string of the molecule is CCCCC(CC)COCC1CC=CCC1. The highest BCUT2D eigenvalue weighted by molar-refractivity contribution is 4.89. The van der Waals surface area contributed by atoms with Gasteiger partial charge in [0, 0.05) is 13.2 Å². The number of ether oxygens (including phenoxy) is 1. The Labute approximate surface area is 101 Å². The topological polar surface area (TPSA) is 9.23 Å². The van der Waals surface area contributed by atoms with Gasteiger partial charge < -0.3 is 4.74 Å². The standard InChI is InChI=1S/C15H28O/c1-3-5-9-14(4-2)12-16-13-15-10-7-6-8-11-15/h6-7,14-15H,3-5,8-13H2,1-2H3. The van der Waals surface area contributed by atoms with Crippen molar-refractivity contribution >= 4 is 0 Å². The van der Waals surface area contributed by atoms with E-state index in [4.69, 9.17) is 4.74 Å². The second kappa shape index (κ2) is 8.81. The lowest BCUT2D eigenvalue weighted by atomic mass is 9.95. The summed E-state index contributed by atoms with van der Waals surface area (Å²) in [7, 11) is 0. The zero-order chi connectivity index (χ0) is 11.6. The molecule has 0 bridgehead atoms. The Balaban J connectivity index is 2.05. The van der Waals surface area contributed by atoms with Crippen LogP contribution in [0.4, 0.5) is 0 Å². The summed E-state index contributed by atoms with van der Waals surface area (Å²) in [5.41, 5.74) is 0. The van der Waals surface area contributed by atoms with E-state index in [1.54, 1.807) is 0 Å². The Morgan fingerprint density at radius 3 is 2.81 bits per heavy atom. The van der Waals surface area contributed by atoms with Crippen LogP contribution in [0.25, 0.3) is 0 Å². The van der Waals surface area contributed by atoms with E-state index in [9.17, 15) is 0 Å². The maximum Gasteiger partial charge on any atom is 0.0497 e. The van der Waals surface area contributed by atoms with Gasteiger partial charge in [0.05, 0.1) is 0 Å². The molecular formula is C15H28O. The highest BCUT2D eigenvalue weighted by Crippen LogP contribution is 2.19. The fourth-order valence-corrected chi connectivity index (χ4v) is 2.31. The summed E-state index contributed by atoms with van der Waals surface area (Å²) in [6, 6.07) is 0. The first-order valence-electron chi connectivity index (χ1n) is 7.09. The zero-order valence-electron chi connectivity index (χ0n) is 11.1. The van der Waals surface area contributed by atoms with Crippen molar-refractivity contribution < 1.29 is 4.74 Å². The third kappa shape index (κ3) is 5.69. The summed E-state index contributed by atoms with van der Waals surface area (Å²) in [6.07, 6.45) is 13.7. The van der Waals surface area contributed by atoms with Crippen LogP contribution in [0.3, 0.4) is 0 Å². The number of rotatable bonds is 8. The van der Waals surface area contributed by atoms with E-state index in [1.807, 2.05) is 0 Å². The molecule has 0 spiro atoms. The number of allylic oxidation sites excluding steroid dienone is 2. The second-order valence-corrected chi connectivity index (χ2v) is 5.10. The summed E-state index contributed by atoms with van der Waals surface area (Å²) in [6.45, 7) is 6.51. The van der Waals surface area contributed by atoms with Crippen LogP contribution in [0.1, 0.15) is 58.8 Å². The van der Waals surface area contributed by atoms with Gasteiger partial charge >= 0.3 is 0 Å². The molecule has 94 valence electrons. The van der Waals surface area contributed by atoms with Crippen LogP contribution < -0.4 is 0 Å². The average Bonchev–Trinajstić information content (AvgIpc) is 2.35. The van der Waals surface area contributed by atoms with Crippen molar-refractivity contribution in [3.05, 3.63) is 12.2 Å². The fraction of sp³-hybridized carbons (Fsp3) is 0.867. The van der Waals surface area contributed by atoms with Gasteiger partial charge in [-0.15, -0.1) is 0 Å². The van der Waals surface area contributed by atoms with Crippen molar-refractivity contribution in [3.8, 4) is 0 Å². The quantitative estimate of drug-likeness (QED) is 0.548. The first kappa shape index (κ1) is 13.8. The molecule has 1 nitrogen and oxygen atoms in total. The lowest BCUT2D eigenvalue weighted by Crippen LogP contribution is -2.15. The van der Waals surface area contributed by atoms with Crippen LogP contribution in [-0.2, 0) is 4.74 Å². The lowest BCUT2D eigenvalue weighted by Gasteiger charge is -2.20. The van der Waals surface area contributed by atoms with Crippen LogP contribution in [0.5, 0.6) is 0 Å². The minimum Gasteiger partial charge on any atom is -0.381 e. The molecular weight excluding hydrogens is 196 g/mol. The Morgan fingerprint density at radius 1 is 1.31 bits per heavy atom. The van der Waals surface area contributed by atoms with Crippen molar-refractivity contribution in [1.29, 1.82) is 0 Å². The first-order valence-corrected chi connectivity index (χ1v) is 7.09. The predicted molar refractivity (Wildman–Crippen MR) is 70.6 cm³/mol. The van der Waals surface area contributed by atoms with Crippen LogP contribution in [0, 0.1) is 11.8 Å². The van der Waals surface area contributed by atoms with Crippen molar-refractivity contribution in [2.45, 2.75) is 58.8 Å². The Hall–Kier alpha value is -0.300. The Kier molecular flexibility index (Phi) is 7.58. The maximum absolute atomic E-state index is 5.89. The highest BCUT2D eigenvalue weighted by Gasteiger charge is 2.11. The van der Waals surface area contributed by atoms with Gasteiger partial charge in [0.2, 0.25) is 0 Å². The maximum atomic E-state index is 5.89. The van der Waals surface area contributed by atoms with E-state index < -0.39 is 0 Å². The van der Waals surface area contributed by atoms with Crippen molar-refractivity contribution in [2.24, 2.45) is 11.8 Å². The molecule has 0 N–H and O–H groups in total. The monoisotopic (exact) mass is 224 g/mol. The minimum absolute atomic E-state index is 0.786. The number of hydrogen-bond acceptors (Lipinski definition) is 1. The normalized spacial score (nSPS) is 22.2. The fourth-order valence-electron chi connectivity index (χ4n) is 2.31. The molecule has 1 rings (SSSR count). The zero-order valence-corrected chi connectivity index (χ0v) is 11.1. The largest absolute Gasteiger partial charge is 0.381 e. The third-order valence-electron chi connectivity index (χ3n) is 3.63. The molecule has 2 unspecified atom stereocenters. The van der Waals surface area contributed by atoms with Gasteiger partial charge in [-0.1, -0.05) is 45.3 Å². The molecule has 0 saturated carbocycles. The number of hydrogen-bond donors (Lipinski definition) is 0. The third-order valence-corrected chi connectivity index (χ3v) is 3.63. The van der Waals surface area contributed by atoms with Crippen LogP contribution in [0.15, 0.2) is 12.2 Å². The molecule has 0 radical (unpaired) electrons. The summed E-state index contributed by atoms with van der Waals surface area (Å²) >= 11 is 0. The van der Waals surface area contributed by atoms with E-state index in [0.29, 0.717) is 0 Å². The molecule has 0 aromatic heterocycles. The Morgan fingerprint density at radius 2 is 2.19 bits per heavy atom. The van der Waals surface area contributed by atoms with E-state index in [2.05, 4.69) is 26.0 Å². The molecule has 0 heterocycles. The van der Waals surface area contributed by atoms with Gasteiger partial charge in [-0.05, 0) is 37.5 Å². The summed E-state index contributed by atoms with van der Waals surface area (Å²) < 4.78 is 5.89. The van der Waals surface area contributed by atoms with Crippen molar-refractivity contribution in [1.82, 2.24) is 0 Å². The van der Waals surface area contributed by atoms with Crippen LogP contribution >= 0.6 is 0 Å². The van der Waals surface area contributed by atoms with Gasteiger partial charge in [0.1, 0.15) is 0 Å². The van der Waals surface area contributed by atoms with Gasteiger partial charge in [0.15, 0.2) is 0 Å². The van der Waals surface area contributed by atoms with E-state index in [1.165, 1.54) is 44.9 Å². The lowest BCUT2D eigenvalue weighted by molar-refractivity contribution is 0.0646.